The van der Waals surface area contributed by atoms with Gasteiger partial charge in [0.15, 0.2) is 5.69 Å². The van der Waals surface area contributed by atoms with Gasteiger partial charge in [0, 0.05) is 17.5 Å². The zero-order valence-electron chi connectivity index (χ0n) is 16.4. The van der Waals surface area contributed by atoms with Gasteiger partial charge < -0.3 is 5.11 Å². The van der Waals surface area contributed by atoms with Crippen molar-refractivity contribution in [1.29, 1.82) is 0 Å². The molecule has 0 aliphatic heterocycles. The van der Waals surface area contributed by atoms with Gasteiger partial charge in [0.25, 0.3) is 11.5 Å². The normalized spacial score (nSPS) is 14.8. The molecule has 4 rings (SSSR count). The third-order valence-corrected chi connectivity index (χ3v) is 5.33. The van der Waals surface area contributed by atoms with E-state index >= 15 is 0 Å². The fraction of sp³-hybridized carbons (Fsp3) is 0.273. The van der Waals surface area contributed by atoms with Crippen molar-refractivity contribution in [2.75, 3.05) is 0 Å². The number of phenols is 1. The molecule has 3 aromatic rings. The smallest absolute Gasteiger partial charge is 0.292 e. The van der Waals surface area contributed by atoms with Crippen LogP contribution in [0, 0.1) is 6.92 Å². The zero-order valence-corrected chi connectivity index (χ0v) is 16.4. The molecule has 0 saturated heterocycles. The highest BCUT2D eigenvalue weighted by molar-refractivity contribution is 6.08. The predicted octanol–water partition coefficient (Wildman–Crippen LogP) is 2.90. The van der Waals surface area contributed by atoms with Gasteiger partial charge in [-0.3, -0.25) is 9.59 Å². The molecule has 1 aliphatic carbocycles. The summed E-state index contributed by atoms with van der Waals surface area (Å²) in [6.45, 7) is 4.16. The Morgan fingerprint density at radius 1 is 1.21 bits per heavy atom. The van der Waals surface area contributed by atoms with Gasteiger partial charge in [-0.05, 0) is 56.4 Å². The second kappa shape index (κ2) is 7.50. The molecule has 7 heteroatoms. The largest absolute Gasteiger partial charge is 0.507 e. The van der Waals surface area contributed by atoms with E-state index in [1.165, 1.54) is 4.68 Å². The van der Waals surface area contributed by atoms with Crippen molar-refractivity contribution in [2.24, 2.45) is 5.10 Å². The van der Waals surface area contributed by atoms with Crippen LogP contribution in [0.1, 0.15) is 46.9 Å². The number of aromatic nitrogens is 2. The maximum Gasteiger partial charge on any atom is 0.292 e. The maximum absolute atomic E-state index is 12.9. The van der Waals surface area contributed by atoms with Crippen LogP contribution in [0.15, 0.2) is 46.3 Å². The van der Waals surface area contributed by atoms with Crippen molar-refractivity contribution in [3.8, 4) is 5.75 Å². The van der Waals surface area contributed by atoms with Gasteiger partial charge in [0.1, 0.15) is 5.75 Å². The van der Waals surface area contributed by atoms with Crippen LogP contribution in [0.3, 0.4) is 0 Å². The molecule has 148 valence electrons. The summed E-state index contributed by atoms with van der Waals surface area (Å²) in [5, 5.41) is 19.8. The number of amides is 1. The van der Waals surface area contributed by atoms with Gasteiger partial charge in [-0.15, -0.1) is 0 Å². The lowest BCUT2D eigenvalue weighted by atomic mass is 9.86. The molecule has 1 heterocycles. The van der Waals surface area contributed by atoms with Crippen LogP contribution >= 0.6 is 0 Å². The summed E-state index contributed by atoms with van der Waals surface area (Å²) >= 11 is 0. The molecular formula is C22H22N4O3. The highest BCUT2D eigenvalue weighted by Gasteiger charge is 2.22. The van der Waals surface area contributed by atoms with Crippen molar-refractivity contribution >= 4 is 22.4 Å². The molecule has 0 spiro atoms. The average Bonchev–Trinajstić information content (AvgIpc) is 2.75. The number of fused-ring (bicyclic) bond motifs is 2. The van der Waals surface area contributed by atoms with E-state index in [1.54, 1.807) is 37.3 Å². The van der Waals surface area contributed by atoms with Crippen molar-refractivity contribution in [1.82, 2.24) is 15.2 Å². The molecule has 0 atom stereocenters. The molecule has 0 bridgehead atoms. The first-order chi connectivity index (χ1) is 14.0. The van der Waals surface area contributed by atoms with Crippen LogP contribution in [-0.4, -0.2) is 26.5 Å². The van der Waals surface area contributed by atoms with Gasteiger partial charge in [-0.2, -0.15) is 10.2 Å². The molecule has 0 saturated carbocycles. The molecule has 2 N–H and O–H groups in total. The Labute approximate surface area is 167 Å². The molecular weight excluding hydrogens is 368 g/mol. The number of hydrogen-bond donors (Lipinski definition) is 2. The first kappa shape index (κ1) is 18.9. The second-order valence-electron chi connectivity index (χ2n) is 7.12. The molecule has 7 nitrogen and oxygen atoms in total. The summed E-state index contributed by atoms with van der Waals surface area (Å²) in [6.07, 6.45) is 2.43. The molecule has 0 fully saturated rings. The molecule has 1 amide bonds. The molecule has 0 radical (unpaired) electrons. The lowest BCUT2D eigenvalue weighted by Gasteiger charge is -2.21. The number of nitrogens with one attached hydrogen (secondary N) is 1. The fourth-order valence-electron chi connectivity index (χ4n) is 3.84. The Morgan fingerprint density at radius 2 is 1.97 bits per heavy atom. The maximum atomic E-state index is 12.9. The van der Waals surface area contributed by atoms with E-state index in [0.29, 0.717) is 35.0 Å². The lowest BCUT2D eigenvalue weighted by molar-refractivity contribution is 0.0949. The Balaban J connectivity index is 1.74. The van der Waals surface area contributed by atoms with Gasteiger partial charge in [-0.25, -0.2) is 10.1 Å². The first-order valence-electron chi connectivity index (χ1n) is 9.69. The van der Waals surface area contributed by atoms with Gasteiger partial charge in [0.2, 0.25) is 0 Å². The van der Waals surface area contributed by atoms with E-state index in [0.717, 1.165) is 24.0 Å². The van der Waals surface area contributed by atoms with Crippen LogP contribution in [0.2, 0.25) is 0 Å². The Hall–Kier alpha value is -3.48. The van der Waals surface area contributed by atoms with Gasteiger partial charge >= 0.3 is 0 Å². The SMILES string of the molecule is CCn1nc(C(=O)N/N=C2\CCCc3c(C)ccc(O)c32)c2ccccc2c1=O. The van der Waals surface area contributed by atoms with E-state index in [1.807, 2.05) is 13.0 Å². The number of phenolic OH excluding ortho intramolecular Hbond substituents is 1. The van der Waals surface area contributed by atoms with Crippen LogP contribution in [0.4, 0.5) is 0 Å². The zero-order chi connectivity index (χ0) is 20.5. The van der Waals surface area contributed by atoms with Crippen molar-refractivity contribution in [3.05, 3.63) is 69.1 Å². The Bertz CT molecular complexity index is 1210. The lowest BCUT2D eigenvalue weighted by Crippen LogP contribution is -2.29. The van der Waals surface area contributed by atoms with E-state index in [-0.39, 0.29) is 17.0 Å². The van der Waals surface area contributed by atoms with E-state index in [2.05, 4.69) is 15.6 Å². The summed E-state index contributed by atoms with van der Waals surface area (Å²) in [7, 11) is 0. The monoisotopic (exact) mass is 390 g/mol. The first-order valence-corrected chi connectivity index (χ1v) is 9.69. The van der Waals surface area contributed by atoms with Crippen molar-refractivity contribution in [3.63, 3.8) is 0 Å². The number of hydrazone groups is 1. The summed E-state index contributed by atoms with van der Waals surface area (Å²) in [6, 6.07) is 10.5. The summed E-state index contributed by atoms with van der Waals surface area (Å²) < 4.78 is 1.27. The van der Waals surface area contributed by atoms with Crippen LogP contribution in [-0.2, 0) is 13.0 Å². The van der Waals surface area contributed by atoms with E-state index in [9.17, 15) is 14.7 Å². The number of benzene rings is 2. The minimum absolute atomic E-state index is 0.149. The summed E-state index contributed by atoms with van der Waals surface area (Å²) in [5.74, 6) is -0.323. The van der Waals surface area contributed by atoms with Crippen LogP contribution in [0.25, 0.3) is 10.8 Å². The molecule has 29 heavy (non-hydrogen) atoms. The average molecular weight is 390 g/mol. The third kappa shape index (κ3) is 3.29. The number of carbonyl (C=O) groups is 1. The highest BCUT2D eigenvalue weighted by atomic mass is 16.3. The minimum Gasteiger partial charge on any atom is -0.507 e. The standard InChI is InChI=1S/C22H22N4O3/c1-3-26-22(29)16-8-5-4-7-15(16)20(25-26)21(28)24-23-17-10-6-9-14-13(2)11-12-18(27)19(14)17/h4-5,7-8,11-12,27H,3,6,9-10H2,1-2H3,(H,24,28)/b23-17+. The number of carbonyl (C=O) groups excluding carboxylic acids is 1. The minimum atomic E-state index is -0.491. The summed E-state index contributed by atoms with van der Waals surface area (Å²) in [5.41, 5.74) is 6.01. The number of rotatable bonds is 3. The number of aromatic hydroxyl groups is 1. The molecule has 1 aliphatic rings. The van der Waals surface area contributed by atoms with Gasteiger partial charge in [-0.1, -0.05) is 24.3 Å². The number of nitrogens with zero attached hydrogens (tertiary/aromatic N) is 3. The Morgan fingerprint density at radius 3 is 2.72 bits per heavy atom. The Kier molecular flexibility index (Phi) is 4.88. The van der Waals surface area contributed by atoms with Crippen LogP contribution < -0.4 is 11.0 Å². The quantitative estimate of drug-likeness (QED) is 0.672. The van der Waals surface area contributed by atoms with Crippen LogP contribution in [0.5, 0.6) is 5.75 Å². The van der Waals surface area contributed by atoms with E-state index in [4.69, 9.17) is 0 Å². The number of hydrogen-bond acceptors (Lipinski definition) is 5. The van der Waals surface area contributed by atoms with Crippen molar-refractivity contribution in [2.45, 2.75) is 39.7 Å². The molecule has 1 aromatic heterocycles. The fourth-order valence-corrected chi connectivity index (χ4v) is 3.84. The second-order valence-corrected chi connectivity index (χ2v) is 7.12. The summed E-state index contributed by atoms with van der Waals surface area (Å²) in [4.78, 5) is 25.3. The van der Waals surface area contributed by atoms with Crippen molar-refractivity contribution < 1.29 is 9.90 Å². The molecule has 0 unspecified atom stereocenters. The number of aryl methyl sites for hydroxylation is 2. The van der Waals surface area contributed by atoms with Gasteiger partial charge in [0.05, 0.1) is 11.1 Å². The molecule has 2 aromatic carbocycles. The topological polar surface area (TPSA) is 96.6 Å². The third-order valence-electron chi connectivity index (χ3n) is 5.33. The predicted molar refractivity (Wildman–Crippen MR) is 111 cm³/mol. The highest BCUT2D eigenvalue weighted by Crippen LogP contribution is 2.31. The van der Waals surface area contributed by atoms with E-state index < -0.39 is 5.91 Å².